The Kier molecular flexibility index (Phi) is 5.61. The van der Waals surface area contributed by atoms with E-state index < -0.39 is 22.9 Å². The molecule has 0 radical (unpaired) electrons. The van der Waals surface area contributed by atoms with Crippen LogP contribution in [0, 0.1) is 0 Å². The Morgan fingerprint density at radius 2 is 1.97 bits per heavy atom. The van der Waals surface area contributed by atoms with Crippen LogP contribution in [0.2, 0.25) is 9.84 Å². The molecule has 4 atom stereocenters. The van der Waals surface area contributed by atoms with Gasteiger partial charge in [-0.25, -0.2) is 0 Å². The van der Waals surface area contributed by atoms with Crippen molar-refractivity contribution in [1.29, 1.82) is 0 Å². The van der Waals surface area contributed by atoms with Crippen LogP contribution in [-0.2, 0) is 16.0 Å². The number of imide groups is 1. The number of fused-ring (bicyclic) bond motifs is 3. The Labute approximate surface area is 190 Å². The number of halogens is 1. The molecule has 158 valence electrons. The van der Waals surface area contributed by atoms with Gasteiger partial charge in [0.15, 0.2) is 0 Å². The van der Waals surface area contributed by atoms with Gasteiger partial charge in [0.2, 0.25) is 0 Å². The van der Waals surface area contributed by atoms with Crippen molar-refractivity contribution in [1.82, 2.24) is 4.90 Å². The molecule has 4 unspecified atom stereocenters. The minimum atomic E-state index is -0.704. The van der Waals surface area contributed by atoms with Crippen LogP contribution in [0.5, 0.6) is 0 Å². The van der Waals surface area contributed by atoms with E-state index >= 15 is 0 Å². The summed E-state index contributed by atoms with van der Waals surface area (Å²) >= 11 is 5.94. The average molecular weight is 492 g/mol. The number of likely N-dealkylation sites (tertiary alicyclic amines) is 1. The molecule has 2 aromatic rings. The summed E-state index contributed by atoms with van der Waals surface area (Å²) < 4.78 is 15.8. The molecule has 2 aliphatic rings. The molecule has 6 heteroatoms. The Balaban J connectivity index is 1.75. The summed E-state index contributed by atoms with van der Waals surface area (Å²) in [6, 6.07) is 15.2. The van der Waals surface area contributed by atoms with Gasteiger partial charge < -0.3 is 0 Å². The molecule has 1 aliphatic heterocycles. The first-order valence-electron chi connectivity index (χ1n) is 10.7. The summed E-state index contributed by atoms with van der Waals surface area (Å²) in [7, 11) is 0. The van der Waals surface area contributed by atoms with Crippen molar-refractivity contribution in [3.05, 3.63) is 64.7 Å². The van der Waals surface area contributed by atoms with Crippen LogP contribution in [0.25, 0.3) is 0 Å². The van der Waals surface area contributed by atoms with Gasteiger partial charge in [0.25, 0.3) is 0 Å². The fraction of sp³-hybridized carbons (Fsp3) is 0.417. The molecule has 2 aromatic carbocycles. The first-order chi connectivity index (χ1) is 14.7. The van der Waals surface area contributed by atoms with Crippen LogP contribution < -0.4 is 4.46 Å². The first kappa shape index (κ1) is 20.1. The molecule has 4 rings (SSSR count). The van der Waals surface area contributed by atoms with E-state index in [4.69, 9.17) is 17.7 Å². The van der Waals surface area contributed by atoms with E-state index in [1.165, 1.54) is 4.90 Å². The molecule has 1 saturated heterocycles. The second-order valence-electron chi connectivity index (χ2n) is 8.71. The number of hydrogen-bond acceptors (Lipinski definition) is 3. The number of amides is 2. The van der Waals surface area contributed by atoms with Crippen molar-refractivity contribution in [3.8, 4) is 0 Å². The number of piperidine rings is 1. The van der Waals surface area contributed by atoms with Crippen LogP contribution >= 0.6 is 11.6 Å². The summed E-state index contributed by atoms with van der Waals surface area (Å²) in [6.45, 7) is 5.40. The molecule has 4 nitrogen and oxygen atoms in total. The number of benzene rings is 2. The van der Waals surface area contributed by atoms with Crippen LogP contribution in [0.1, 0.15) is 52.0 Å². The minimum absolute atomic E-state index is 0.248. The second-order valence-corrected chi connectivity index (χ2v) is 11.7. The normalized spacial score (nSPS) is 26.5. The SMILES string of the molecule is [2H]C1C([Se]c2ccccc2)C(=O)N(C(=O)OC(C)(C)C)C2CCc3cc(Cl)ccc3C12. The Morgan fingerprint density at radius 3 is 2.67 bits per heavy atom. The molecule has 0 spiro atoms. The Morgan fingerprint density at radius 1 is 1.23 bits per heavy atom. The zero-order chi connectivity index (χ0) is 22.3. The van der Waals surface area contributed by atoms with E-state index in [-0.39, 0.29) is 32.8 Å². The van der Waals surface area contributed by atoms with E-state index in [9.17, 15) is 9.59 Å². The fourth-order valence-corrected chi connectivity index (χ4v) is 6.61. The van der Waals surface area contributed by atoms with Crippen LogP contribution in [0.4, 0.5) is 4.79 Å². The standard InChI is InChI=1S/C24H26ClNO3Se/c1-24(2,3)29-23(28)26-20-12-9-15-13-16(25)10-11-18(15)19(20)14-21(22(26)27)30-17-7-5-4-6-8-17/h4-8,10-11,13,19-21H,9,12,14H2,1-3H3/i14D. The molecule has 2 amide bonds. The van der Waals surface area contributed by atoms with Crippen LogP contribution in [-0.4, -0.2) is 43.5 Å². The summed E-state index contributed by atoms with van der Waals surface area (Å²) in [6.07, 6.45) is 0.0937. The molecule has 0 aromatic heterocycles. The number of rotatable bonds is 2. The second kappa shape index (κ2) is 8.37. The molecular formula is C24H26ClNO3Se. The maximum absolute atomic E-state index is 13.6. The van der Waals surface area contributed by atoms with Gasteiger partial charge in [-0.3, -0.25) is 0 Å². The van der Waals surface area contributed by atoms with Crippen molar-refractivity contribution in [2.24, 2.45) is 0 Å². The van der Waals surface area contributed by atoms with Crippen LogP contribution in [0.15, 0.2) is 48.5 Å². The third kappa shape index (κ3) is 4.44. The number of hydrogen-bond donors (Lipinski definition) is 0. The Bertz CT molecular complexity index is 994. The number of aryl methyl sites for hydroxylation is 1. The zero-order valence-electron chi connectivity index (χ0n) is 18.3. The van der Waals surface area contributed by atoms with Gasteiger partial charge >= 0.3 is 191 Å². The summed E-state index contributed by atoms with van der Waals surface area (Å²) in [5.41, 5.74) is 1.43. The summed E-state index contributed by atoms with van der Waals surface area (Å²) in [4.78, 5) is 27.5. The van der Waals surface area contributed by atoms with Crippen molar-refractivity contribution >= 4 is 43.0 Å². The van der Waals surface area contributed by atoms with Crippen molar-refractivity contribution in [3.63, 3.8) is 0 Å². The third-order valence-corrected chi connectivity index (χ3v) is 8.04. The molecule has 0 saturated carbocycles. The van der Waals surface area contributed by atoms with Gasteiger partial charge in [-0.2, -0.15) is 0 Å². The van der Waals surface area contributed by atoms with Gasteiger partial charge in [0, 0.05) is 0 Å². The van der Waals surface area contributed by atoms with E-state index in [0.717, 1.165) is 15.6 Å². The molecule has 0 bridgehead atoms. The van der Waals surface area contributed by atoms with Crippen molar-refractivity contribution < 1.29 is 15.7 Å². The van der Waals surface area contributed by atoms with E-state index in [1.54, 1.807) is 20.8 Å². The number of nitrogens with zero attached hydrogens (tertiary/aromatic N) is 1. The van der Waals surface area contributed by atoms with Gasteiger partial charge in [0.05, 0.1) is 0 Å². The molecule has 0 N–H and O–H groups in total. The predicted octanol–water partition coefficient (Wildman–Crippen LogP) is 4.72. The molecule has 1 heterocycles. The topological polar surface area (TPSA) is 46.6 Å². The molecule has 30 heavy (non-hydrogen) atoms. The fourth-order valence-electron chi connectivity index (χ4n) is 4.17. The average Bonchev–Trinajstić information content (AvgIpc) is 2.70. The van der Waals surface area contributed by atoms with E-state index in [2.05, 4.69) is 0 Å². The van der Waals surface area contributed by atoms with Crippen LogP contribution in [0.3, 0.4) is 0 Å². The molecular weight excluding hydrogens is 465 g/mol. The summed E-state index contributed by atoms with van der Waals surface area (Å²) in [5, 5.41) is 0.666. The van der Waals surface area contributed by atoms with E-state index in [1.807, 2.05) is 48.5 Å². The van der Waals surface area contributed by atoms with Gasteiger partial charge in [-0.1, -0.05) is 0 Å². The van der Waals surface area contributed by atoms with E-state index in [0.29, 0.717) is 17.9 Å². The summed E-state index contributed by atoms with van der Waals surface area (Å²) in [5.74, 6) is -0.529. The maximum atomic E-state index is 13.6. The predicted molar refractivity (Wildman–Crippen MR) is 120 cm³/mol. The molecule has 1 aliphatic carbocycles. The monoisotopic (exact) mass is 492 g/mol. The van der Waals surface area contributed by atoms with Gasteiger partial charge in [-0.15, -0.1) is 0 Å². The number of carbonyl (C=O) groups is 2. The quantitative estimate of drug-likeness (QED) is 0.571. The van der Waals surface area contributed by atoms with Crippen molar-refractivity contribution in [2.45, 2.75) is 62.4 Å². The zero-order valence-corrected chi connectivity index (χ0v) is 19.8. The first-order valence-corrected chi connectivity index (χ1v) is 12.4. The number of carbonyl (C=O) groups excluding carboxylic acids is 2. The number of ether oxygens (including phenoxy) is 1. The van der Waals surface area contributed by atoms with Gasteiger partial charge in [-0.05, 0) is 0 Å². The molecule has 1 fully saturated rings. The van der Waals surface area contributed by atoms with Crippen molar-refractivity contribution in [2.75, 3.05) is 0 Å². The Hall–Kier alpha value is -1.81. The van der Waals surface area contributed by atoms with Gasteiger partial charge in [0.1, 0.15) is 0 Å². The third-order valence-electron chi connectivity index (χ3n) is 5.38.